The van der Waals surface area contributed by atoms with Crippen LogP contribution < -0.4 is 27.4 Å². The van der Waals surface area contributed by atoms with E-state index >= 15 is 0 Å². The number of benzene rings is 2. The first-order valence-electron chi connectivity index (χ1n) is 15.5. The number of nitrogens with two attached hydrogens (primary N) is 1. The minimum atomic E-state index is -0.884. The van der Waals surface area contributed by atoms with Gasteiger partial charge in [-0.2, -0.15) is 0 Å². The molecule has 1 aliphatic rings. The molecular weight excluding hydrogens is 608 g/mol. The van der Waals surface area contributed by atoms with Crippen molar-refractivity contribution in [1.82, 2.24) is 20.6 Å². The quantitative estimate of drug-likeness (QED) is 0.166. The summed E-state index contributed by atoms with van der Waals surface area (Å²) in [5, 5.41) is 8.85. The third-order valence-corrected chi connectivity index (χ3v) is 8.65. The highest BCUT2D eigenvalue weighted by Crippen LogP contribution is 2.29. The minimum absolute atomic E-state index is 0.00665. The van der Waals surface area contributed by atoms with Gasteiger partial charge in [0.15, 0.2) is 5.58 Å². The van der Waals surface area contributed by atoms with Crippen LogP contribution in [0, 0.1) is 18.8 Å². The summed E-state index contributed by atoms with van der Waals surface area (Å²) >= 11 is 6.29. The Labute approximate surface area is 271 Å². The van der Waals surface area contributed by atoms with Crippen molar-refractivity contribution in [3.63, 3.8) is 0 Å². The van der Waals surface area contributed by atoms with Crippen LogP contribution in [-0.4, -0.2) is 46.3 Å². The van der Waals surface area contributed by atoms with Gasteiger partial charge < -0.3 is 26.1 Å². The first kappa shape index (κ1) is 32.9. The van der Waals surface area contributed by atoms with Crippen LogP contribution in [0.1, 0.15) is 61.3 Å². The highest BCUT2D eigenvalue weighted by molar-refractivity contribution is 6.35. The molecule has 0 unspecified atom stereocenters. The van der Waals surface area contributed by atoms with E-state index in [0.29, 0.717) is 35.1 Å². The maximum Gasteiger partial charge on any atom is 0.417 e. The van der Waals surface area contributed by atoms with Crippen molar-refractivity contribution in [2.45, 2.75) is 65.0 Å². The molecule has 12 heteroatoms. The molecule has 1 aliphatic carbocycles. The Bertz CT molecular complexity index is 1790. The van der Waals surface area contributed by atoms with Crippen molar-refractivity contribution < 1.29 is 18.8 Å². The molecule has 46 heavy (non-hydrogen) atoms. The molecule has 1 saturated carbocycles. The van der Waals surface area contributed by atoms with Gasteiger partial charge in [-0.3, -0.25) is 19.4 Å². The number of fused-ring (bicyclic) bond motifs is 1. The number of pyridine rings is 1. The second-order valence-corrected chi connectivity index (χ2v) is 12.6. The molecule has 2 aromatic heterocycles. The molecule has 0 bridgehead atoms. The van der Waals surface area contributed by atoms with Crippen LogP contribution in [-0.2, 0) is 16.0 Å². The maximum absolute atomic E-state index is 13.7. The number of nitrogens with zero attached hydrogens (tertiary/aromatic N) is 1. The lowest BCUT2D eigenvalue weighted by molar-refractivity contribution is -0.130. The van der Waals surface area contributed by atoms with E-state index in [1.54, 1.807) is 12.1 Å². The number of aryl methyl sites for hydroxylation is 1. The predicted octanol–water partition coefficient (Wildman–Crippen LogP) is 4.71. The first-order chi connectivity index (χ1) is 22.0. The molecule has 0 saturated heterocycles. The number of nitrogens with one attached hydrogen (secondary N) is 4. The molecule has 4 aromatic rings. The van der Waals surface area contributed by atoms with E-state index < -0.39 is 17.7 Å². The lowest BCUT2D eigenvalue weighted by Crippen LogP contribution is -2.48. The van der Waals surface area contributed by atoms with E-state index in [-0.39, 0.29) is 40.8 Å². The third kappa shape index (κ3) is 7.83. The van der Waals surface area contributed by atoms with E-state index in [4.69, 9.17) is 21.8 Å². The van der Waals surface area contributed by atoms with Crippen molar-refractivity contribution in [2.75, 3.05) is 11.9 Å². The fourth-order valence-electron chi connectivity index (χ4n) is 5.86. The Kier molecular flexibility index (Phi) is 10.2. The number of hydrogen-bond acceptors (Lipinski definition) is 7. The van der Waals surface area contributed by atoms with Crippen LogP contribution in [0.5, 0.6) is 0 Å². The Morgan fingerprint density at radius 3 is 2.41 bits per heavy atom. The van der Waals surface area contributed by atoms with Crippen LogP contribution >= 0.6 is 11.6 Å². The number of amides is 3. The van der Waals surface area contributed by atoms with Crippen molar-refractivity contribution in [3.8, 4) is 11.1 Å². The Hall–Kier alpha value is -4.48. The highest BCUT2D eigenvalue weighted by Gasteiger charge is 2.29. The first-order valence-corrected chi connectivity index (χ1v) is 15.9. The molecular formula is C34H39ClN6O5. The normalized spacial score (nSPS) is 17.1. The Balaban J connectivity index is 1.34. The van der Waals surface area contributed by atoms with Crippen molar-refractivity contribution in [1.29, 1.82) is 0 Å². The van der Waals surface area contributed by atoms with Crippen LogP contribution in [0.25, 0.3) is 22.2 Å². The second-order valence-electron chi connectivity index (χ2n) is 12.2. The van der Waals surface area contributed by atoms with Crippen LogP contribution in [0.4, 0.5) is 5.69 Å². The number of H-pyrrole nitrogens is 1. The van der Waals surface area contributed by atoms with Gasteiger partial charge in [-0.25, -0.2) is 9.78 Å². The van der Waals surface area contributed by atoms with Gasteiger partial charge >= 0.3 is 5.76 Å². The molecule has 1 atom stereocenters. The van der Waals surface area contributed by atoms with Crippen molar-refractivity contribution in [2.24, 2.45) is 17.6 Å². The van der Waals surface area contributed by atoms with E-state index in [1.807, 2.05) is 51.1 Å². The van der Waals surface area contributed by atoms with Crippen LogP contribution in [0.2, 0.25) is 5.02 Å². The number of oxazole rings is 1. The molecule has 3 amide bonds. The molecule has 5 rings (SSSR count). The number of carbonyl (C=O) groups excluding carboxylic acids is 3. The monoisotopic (exact) mass is 646 g/mol. The van der Waals surface area contributed by atoms with Gasteiger partial charge in [0, 0.05) is 35.3 Å². The smallest absolute Gasteiger partial charge is 0.406 e. The Morgan fingerprint density at radius 1 is 1.04 bits per heavy atom. The van der Waals surface area contributed by atoms with Gasteiger partial charge in [-0.1, -0.05) is 41.9 Å². The zero-order valence-corrected chi connectivity index (χ0v) is 26.9. The molecule has 0 spiro atoms. The molecule has 0 radical (unpaired) electrons. The fourth-order valence-corrected chi connectivity index (χ4v) is 6.12. The fraction of sp³-hybridized carbons (Fsp3) is 0.382. The summed E-state index contributed by atoms with van der Waals surface area (Å²) in [6.45, 7) is 6.26. The lowest BCUT2D eigenvalue weighted by Gasteiger charge is -2.28. The highest BCUT2D eigenvalue weighted by atomic mass is 35.5. The number of carbonyl (C=O) groups is 3. The molecule has 6 N–H and O–H groups in total. The SMILES string of the molecule is Cc1nc(C(=O)NC(C)C)ccc1-c1ccc(C[C@H](NC(=O)[C@H]2CC[C@H](CN)CC2)C(=O)Nc2cc(Cl)c3oc(=O)[nH]c3c2)cc1. The van der Waals surface area contributed by atoms with Crippen molar-refractivity contribution in [3.05, 3.63) is 81.1 Å². The molecule has 1 fully saturated rings. The number of hydrogen-bond donors (Lipinski definition) is 5. The van der Waals surface area contributed by atoms with Crippen molar-refractivity contribution >= 4 is 46.1 Å². The summed E-state index contributed by atoms with van der Waals surface area (Å²) in [6.07, 6.45) is 3.45. The number of aromatic amines is 1. The van der Waals surface area contributed by atoms with Gasteiger partial charge in [0.2, 0.25) is 11.8 Å². The van der Waals surface area contributed by atoms with Gasteiger partial charge in [0.25, 0.3) is 5.91 Å². The van der Waals surface area contributed by atoms with Crippen LogP contribution in [0.15, 0.2) is 57.7 Å². The van der Waals surface area contributed by atoms with Gasteiger partial charge in [0.05, 0.1) is 10.5 Å². The van der Waals surface area contributed by atoms with Gasteiger partial charge in [-0.15, -0.1) is 0 Å². The molecule has 2 heterocycles. The average molecular weight is 647 g/mol. The van der Waals surface area contributed by atoms with E-state index in [2.05, 4.69) is 25.9 Å². The molecule has 242 valence electrons. The van der Waals surface area contributed by atoms with E-state index in [0.717, 1.165) is 42.4 Å². The summed E-state index contributed by atoms with van der Waals surface area (Å²) in [4.78, 5) is 58.1. The number of aromatic nitrogens is 2. The summed E-state index contributed by atoms with van der Waals surface area (Å²) in [7, 11) is 0. The zero-order valence-electron chi connectivity index (χ0n) is 26.1. The number of anilines is 1. The zero-order chi connectivity index (χ0) is 33.0. The summed E-state index contributed by atoms with van der Waals surface area (Å²) < 4.78 is 5.06. The minimum Gasteiger partial charge on any atom is -0.406 e. The number of rotatable bonds is 10. The largest absolute Gasteiger partial charge is 0.417 e. The maximum atomic E-state index is 13.7. The molecule has 11 nitrogen and oxygen atoms in total. The second kappa shape index (κ2) is 14.3. The third-order valence-electron chi connectivity index (χ3n) is 8.37. The van der Waals surface area contributed by atoms with E-state index in [9.17, 15) is 19.2 Å². The summed E-state index contributed by atoms with van der Waals surface area (Å²) in [5.74, 6) is -1.24. The summed E-state index contributed by atoms with van der Waals surface area (Å²) in [6, 6.07) is 13.4. The number of halogens is 1. The average Bonchev–Trinajstić information content (AvgIpc) is 3.41. The predicted molar refractivity (Wildman–Crippen MR) is 178 cm³/mol. The molecule has 0 aliphatic heterocycles. The van der Waals surface area contributed by atoms with Gasteiger partial charge in [-0.05, 0) is 88.2 Å². The van der Waals surface area contributed by atoms with Gasteiger partial charge in [0.1, 0.15) is 11.7 Å². The van der Waals surface area contributed by atoms with E-state index in [1.165, 1.54) is 6.07 Å². The standard InChI is InChI=1S/C34H39ClN6O5/c1-18(2)37-32(43)27-13-12-25(19(3)38-27)22-8-4-20(5-9-22)14-29(40-31(42)23-10-6-21(17-36)7-11-23)33(44)39-24-15-26(35)30-28(16-24)41-34(45)46-30/h4-5,8-9,12-13,15-16,18,21,23,29H,6-7,10-11,14,17,36H2,1-3H3,(H,37,43)(H,39,44)(H,40,42)(H,41,45)/t21-,23-,29-/m0/s1. The molecule has 2 aromatic carbocycles. The topological polar surface area (TPSA) is 172 Å². The van der Waals surface area contributed by atoms with Crippen LogP contribution in [0.3, 0.4) is 0 Å². The Morgan fingerprint density at radius 2 is 1.76 bits per heavy atom. The summed E-state index contributed by atoms with van der Waals surface area (Å²) in [5.41, 5.74) is 10.4. The lowest BCUT2D eigenvalue weighted by atomic mass is 9.81.